The van der Waals surface area contributed by atoms with Crippen molar-refractivity contribution in [2.75, 3.05) is 0 Å². The fraction of sp³-hybridized carbons (Fsp3) is 0.600. The van der Waals surface area contributed by atoms with Crippen LogP contribution in [0, 0.1) is 6.92 Å². The van der Waals surface area contributed by atoms with E-state index in [0.717, 1.165) is 5.69 Å². The van der Waals surface area contributed by atoms with Gasteiger partial charge in [0.25, 0.3) is 0 Å². The summed E-state index contributed by atoms with van der Waals surface area (Å²) in [5, 5.41) is 0.576. The van der Waals surface area contributed by atoms with Crippen molar-refractivity contribution >= 4 is 60.3 Å². The molecule has 146 valence electrons. The van der Waals surface area contributed by atoms with Gasteiger partial charge < -0.3 is 29.4 Å². The summed E-state index contributed by atoms with van der Waals surface area (Å²) in [6, 6.07) is 1.65. The summed E-state index contributed by atoms with van der Waals surface area (Å²) >= 11 is 18.2. The summed E-state index contributed by atoms with van der Waals surface area (Å²) in [5.41, 5.74) is 0.778. The summed E-state index contributed by atoms with van der Waals surface area (Å²) in [7, 11) is 0. The predicted octanol–water partition coefficient (Wildman–Crippen LogP) is 2.91. The quantitative estimate of drug-likeness (QED) is 0.192. The SMILES string of the molecule is CC.CCC.Cc1cc(Cl)nc(Cl)n1.OP(O)(O)=S.OP(O)(O)=S. The smallest absolute Gasteiger partial charge is 0.319 e. The number of hydrogen-bond donors (Lipinski definition) is 6. The van der Waals surface area contributed by atoms with Crippen molar-refractivity contribution in [3.63, 3.8) is 0 Å². The minimum atomic E-state index is -3.81. The van der Waals surface area contributed by atoms with Crippen molar-refractivity contribution in [1.82, 2.24) is 9.97 Å². The number of hydrogen-bond acceptors (Lipinski definition) is 4. The van der Waals surface area contributed by atoms with Crippen molar-refractivity contribution in [1.29, 1.82) is 0 Å². The number of aromatic nitrogens is 2. The van der Waals surface area contributed by atoms with Crippen molar-refractivity contribution in [3.8, 4) is 0 Å². The summed E-state index contributed by atoms with van der Waals surface area (Å²) in [5.74, 6) is 0. The van der Waals surface area contributed by atoms with Gasteiger partial charge >= 0.3 is 13.4 Å². The van der Waals surface area contributed by atoms with Crippen molar-refractivity contribution in [2.45, 2.75) is 41.0 Å². The van der Waals surface area contributed by atoms with Gasteiger partial charge in [-0.2, -0.15) is 0 Å². The maximum absolute atomic E-state index is 7.56. The number of aryl methyl sites for hydroxylation is 1. The zero-order chi connectivity index (χ0) is 20.6. The van der Waals surface area contributed by atoms with Crippen LogP contribution in [-0.2, 0) is 23.6 Å². The second-order valence-corrected chi connectivity index (χ2v) is 9.05. The monoisotopic (exact) mass is 464 g/mol. The zero-order valence-electron chi connectivity index (χ0n) is 13.8. The highest BCUT2D eigenvalue weighted by Crippen LogP contribution is 2.26. The largest absolute Gasteiger partial charge is 0.325 e. The third-order valence-electron chi connectivity index (χ3n) is 0.796. The molecule has 0 bridgehead atoms. The molecule has 0 aliphatic rings. The minimum Gasteiger partial charge on any atom is -0.325 e. The Labute approximate surface area is 162 Å². The first kappa shape index (κ1) is 32.4. The molecule has 1 aromatic rings. The Balaban J connectivity index is -0.000000116. The molecular formula is C10H24Cl2N2O6P2S2. The predicted molar refractivity (Wildman–Crippen MR) is 106 cm³/mol. The highest BCUT2D eigenvalue weighted by Gasteiger charge is 1.94. The Morgan fingerprint density at radius 3 is 1.33 bits per heavy atom. The standard InChI is InChI=1S/C5H4Cl2N2.C3H8.C2H6.2H3O3PS/c1-3-2-4(6)9-5(7)8-3;1-3-2;1-2;2*1-4(2,3)5/h2H,1H3;3H2,1-2H3;1-2H3;2*(H3,1,2,3,5). The molecule has 0 aliphatic heterocycles. The van der Waals surface area contributed by atoms with Gasteiger partial charge in [-0.05, 0) is 48.2 Å². The van der Waals surface area contributed by atoms with Crippen LogP contribution in [0.25, 0.3) is 0 Å². The Kier molecular flexibility index (Phi) is 25.0. The van der Waals surface area contributed by atoms with Gasteiger partial charge in [0.2, 0.25) is 5.28 Å². The lowest BCUT2D eigenvalue weighted by Gasteiger charge is -1.91. The number of rotatable bonds is 0. The van der Waals surface area contributed by atoms with Gasteiger partial charge in [0.15, 0.2) is 0 Å². The second kappa shape index (κ2) is 18.5. The van der Waals surface area contributed by atoms with Gasteiger partial charge in [0.05, 0.1) is 0 Å². The lowest BCUT2D eigenvalue weighted by atomic mass is 10.5. The molecule has 0 aromatic carbocycles. The van der Waals surface area contributed by atoms with E-state index < -0.39 is 13.4 Å². The minimum absolute atomic E-state index is 0.194. The second-order valence-electron chi connectivity index (χ2n) is 3.33. The Bertz CT molecular complexity index is 429. The number of nitrogens with zero attached hydrogens (tertiary/aromatic N) is 2. The van der Waals surface area contributed by atoms with Gasteiger partial charge in [-0.25, -0.2) is 9.97 Å². The lowest BCUT2D eigenvalue weighted by Crippen LogP contribution is -1.85. The molecule has 0 fully saturated rings. The summed E-state index contributed by atoms with van der Waals surface area (Å²) in [6.07, 6.45) is 1.25. The molecule has 0 saturated carbocycles. The molecule has 0 saturated heterocycles. The van der Waals surface area contributed by atoms with Gasteiger partial charge in [-0.3, -0.25) is 0 Å². The lowest BCUT2D eigenvalue weighted by molar-refractivity contribution is 0.361. The Morgan fingerprint density at radius 2 is 1.17 bits per heavy atom. The van der Waals surface area contributed by atoms with Crippen LogP contribution in [0.4, 0.5) is 0 Å². The molecule has 1 rings (SSSR count). The molecule has 0 radical (unpaired) electrons. The highest BCUT2D eigenvalue weighted by atomic mass is 35.5. The maximum atomic E-state index is 7.56. The molecule has 24 heavy (non-hydrogen) atoms. The molecule has 0 atom stereocenters. The van der Waals surface area contributed by atoms with Gasteiger partial charge in [-0.15, -0.1) is 0 Å². The molecule has 6 N–H and O–H groups in total. The van der Waals surface area contributed by atoms with Crippen LogP contribution in [0.3, 0.4) is 0 Å². The van der Waals surface area contributed by atoms with Crippen LogP contribution in [0.2, 0.25) is 10.4 Å². The topological polar surface area (TPSA) is 147 Å². The molecule has 1 aromatic heterocycles. The zero-order valence-corrected chi connectivity index (χ0v) is 18.8. The van der Waals surface area contributed by atoms with Crippen LogP contribution in [-0.4, -0.2) is 39.3 Å². The fourth-order valence-electron chi connectivity index (χ4n) is 0.496. The molecular weight excluding hydrogens is 441 g/mol. The van der Waals surface area contributed by atoms with Crippen molar-refractivity contribution < 1.29 is 29.4 Å². The molecule has 0 unspecified atom stereocenters. The fourth-order valence-corrected chi connectivity index (χ4v) is 1.00. The first-order chi connectivity index (χ1) is 10.6. The Hall–Kier alpha value is 0.720. The van der Waals surface area contributed by atoms with Crippen LogP contribution in [0.5, 0.6) is 0 Å². The molecule has 0 spiro atoms. The van der Waals surface area contributed by atoms with E-state index in [1.165, 1.54) is 6.42 Å². The van der Waals surface area contributed by atoms with E-state index >= 15 is 0 Å². The molecule has 14 heteroatoms. The highest BCUT2D eigenvalue weighted by molar-refractivity contribution is 8.06. The van der Waals surface area contributed by atoms with Crippen molar-refractivity contribution in [3.05, 3.63) is 22.2 Å². The van der Waals surface area contributed by atoms with Gasteiger partial charge in [0, 0.05) is 5.69 Å². The third kappa shape index (κ3) is 66.2. The normalized spacial score (nSPS) is 9.54. The van der Waals surface area contributed by atoms with Crippen LogP contribution in [0.1, 0.15) is 39.8 Å². The summed E-state index contributed by atoms with van der Waals surface area (Å²) < 4.78 is 0. The van der Waals surface area contributed by atoms with Gasteiger partial charge in [0.1, 0.15) is 5.15 Å². The average Bonchev–Trinajstić information content (AvgIpc) is 2.25. The maximum Gasteiger partial charge on any atom is 0.319 e. The third-order valence-corrected chi connectivity index (χ3v) is 1.16. The van der Waals surface area contributed by atoms with E-state index in [2.05, 4.69) is 47.4 Å². The van der Waals surface area contributed by atoms with Crippen LogP contribution >= 0.6 is 36.6 Å². The average molecular weight is 465 g/mol. The van der Waals surface area contributed by atoms with Gasteiger partial charge in [-0.1, -0.05) is 45.7 Å². The molecule has 0 amide bonds. The van der Waals surface area contributed by atoms with E-state index in [1.807, 2.05) is 13.8 Å². The number of halogens is 2. The summed E-state index contributed by atoms with van der Waals surface area (Å²) in [4.78, 5) is 52.8. The van der Waals surface area contributed by atoms with Crippen LogP contribution in [0.15, 0.2) is 6.07 Å². The van der Waals surface area contributed by atoms with Crippen molar-refractivity contribution in [2.24, 2.45) is 0 Å². The van der Waals surface area contributed by atoms with E-state index in [9.17, 15) is 0 Å². The van der Waals surface area contributed by atoms with E-state index in [-0.39, 0.29) is 5.28 Å². The first-order valence-electron chi connectivity index (χ1n) is 6.33. The molecule has 0 aliphatic carbocycles. The molecule has 8 nitrogen and oxygen atoms in total. The first-order valence-corrected chi connectivity index (χ1v) is 12.4. The van der Waals surface area contributed by atoms with E-state index in [0.29, 0.717) is 5.15 Å². The van der Waals surface area contributed by atoms with E-state index in [1.54, 1.807) is 13.0 Å². The Morgan fingerprint density at radius 1 is 0.917 bits per heavy atom. The summed E-state index contributed by atoms with van der Waals surface area (Å²) in [6.45, 7) is 2.44. The molecule has 1 heterocycles. The van der Waals surface area contributed by atoms with Crippen LogP contribution < -0.4 is 0 Å². The van der Waals surface area contributed by atoms with E-state index in [4.69, 9.17) is 52.6 Å².